The molecule has 1 N–H and O–H groups in total. The van der Waals surface area contributed by atoms with Gasteiger partial charge in [0.15, 0.2) is 0 Å². The average molecular weight is 480 g/mol. The maximum atomic E-state index is 13.0. The summed E-state index contributed by atoms with van der Waals surface area (Å²) in [5, 5.41) is 2.71. The quantitative estimate of drug-likeness (QED) is 0.686. The number of anilines is 1. The first-order chi connectivity index (χ1) is 14.9. The van der Waals surface area contributed by atoms with Crippen LogP contribution in [0.5, 0.6) is 0 Å². The summed E-state index contributed by atoms with van der Waals surface area (Å²) in [6.07, 6.45) is 2.66. The molecule has 0 aliphatic carbocycles. The summed E-state index contributed by atoms with van der Waals surface area (Å²) in [5.74, 6) is -0.504. The normalized spacial score (nSPS) is 15.7. The van der Waals surface area contributed by atoms with E-state index in [9.17, 15) is 21.6 Å². The molecule has 0 saturated carbocycles. The van der Waals surface area contributed by atoms with Crippen molar-refractivity contribution in [2.45, 2.75) is 42.9 Å². The van der Waals surface area contributed by atoms with E-state index >= 15 is 0 Å². The topological polar surface area (TPSA) is 104 Å². The Bertz CT molecular complexity index is 1230. The fourth-order valence-corrected chi connectivity index (χ4v) is 6.30. The standard InChI is InChI=1S/C22H29N3O5S2/c1-16-9-11-19(31(27,28)25-12-6-5-7-13-25)15-20(16)22(26)23-18-10-8-17(2)21(14-18)32(29,30)24(3)4/h8-11,14-15H,5-7,12-13H2,1-4H3,(H,23,26). The highest BCUT2D eigenvalue weighted by molar-refractivity contribution is 7.89. The van der Waals surface area contributed by atoms with Gasteiger partial charge in [-0.2, -0.15) is 4.31 Å². The molecule has 1 aliphatic heterocycles. The molecule has 1 amide bonds. The van der Waals surface area contributed by atoms with Gasteiger partial charge in [0.05, 0.1) is 9.79 Å². The Kier molecular flexibility index (Phi) is 7.09. The van der Waals surface area contributed by atoms with Crippen molar-refractivity contribution in [2.75, 3.05) is 32.5 Å². The number of benzene rings is 2. The number of piperidine rings is 1. The van der Waals surface area contributed by atoms with E-state index in [1.165, 1.54) is 36.6 Å². The van der Waals surface area contributed by atoms with Gasteiger partial charge in [0.1, 0.15) is 0 Å². The third-order valence-corrected chi connectivity index (χ3v) is 9.46. The van der Waals surface area contributed by atoms with Crippen molar-refractivity contribution in [3.8, 4) is 0 Å². The molecule has 8 nitrogen and oxygen atoms in total. The Morgan fingerprint density at radius 3 is 2.16 bits per heavy atom. The smallest absolute Gasteiger partial charge is 0.255 e. The zero-order valence-corrected chi connectivity index (χ0v) is 20.4. The molecule has 3 rings (SSSR count). The van der Waals surface area contributed by atoms with Crippen molar-refractivity contribution in [3.63, 3.8) is 0 Å². The number of amides is 1. The number of sulfonamides is 2. The number of hydrogen-bond acceptors (Lipinski definition) is 5. The van der Waals surface area contributed by atoms with Crippen molar-refractivity contribution in [2.24, 2.45) is 0 Å². The minimum Gasteiger partial charge on any atom is -0.322 e. The number of carbonyl (C=O) groups excluding carboxylic acids is 1. The van der Waals surface area contributed by atoms with Crippen LogP contribution in [0.15, 0.2) is 46.2 Å². The Morgan fingerprint density at radius 1 is 0.906 bits per heavy atom. The number of nitrogens with one attached hydrogen (secondary N) is 1. The maximum Gasteiger partial charge on any atom is 0.255 e. The summed E-state index contributed by atoms with van der Waals surface area (Å²) in [6, 6.07) is 9.17. The number of nitrogens with zero attached hydrogens (tertiary/aromatic N) is 2. The van der Waals surface area contributed by atoms with Gasteiger partial charge in [0, 0.05) is 38.4 Å². The fraction of sp³-hybridized carbons (Fsp3) is 0.409. The molecule has 0 atom stereocenters. The van der Waals surface area contributed by atoms with Crippen LogP contribution in [0.25, 0.3) is 0 Å². The van der Waals surface area contributed by atoms with E-state index in [1.807, 2.05) is 0 Å². The van der Waals surface area contributed by atoms with E-state index in [1.54, 1.807) is 32.0 Å². The largest absolute Gasteiger partial charge is 0.322 e. The van der Waals surface area contributed by atoms with Crippen molar-refractivity contribution in [1.82, 2.24) is 8.61 Å². The van der Waals surface area contributed by atoms with E-state index in [2.05, 4.69) is 5.32 Å². The summed E-state index contributed by atoms with van der Waals surface area (Å²) >= 11 is 0. The second-order valence-electron chi connectivity index (χ2n) is 8.16. The van der Waals surface area contributed by atoms with Crippen molar-refractivity contribution >= 4 is 31.6 Å². The molecule has 0 bridgehead atoms. The molecule has 1 fully saturated rings. The van der Waals surface area contributed by atoms with Gasteiger partial charge in [0.25, 0.3) is 5.91 Å². The molecular formula is C22H29N3O5S2. The van der Waals surface area contributed by atoms with E-state index in [0.29, 0.717) is 29.9 Å². The van der Waals surface area contributed by atoms with Crippen LogP contribution < -0.4 is 5.32 Å². The van der Waals surface area contributed by atoms with Gasteiger partial charge in [-0.25, -0.2) is 21.1 Å². The predicted octanol–water partition coefficient (Wildman–Crippen LogP) is 2.98. The van der Waals surface area contributed by atoms with Crippen LogP contribution in [-0.4, -0.2) is 58.5 Å². The molecule has 32 heavy (non-hydrogen) atoms. The molecular weight excluding hydrogens is 450 g/mol. The second-order valence-corrected chi connectivity index (χ2v) is 12.2. The maximum absolute atomic E-state index is 13.0. The van der Waals surface area contributed by atoms with E-state index in [-0.39, 0.29) is 15.4 Å². The summed E-state index contributed by atoms with van der Waals surface area (Å²) in [4.78, 5) is 13.2. The van der Waals surface area contributed by atoms with Gasteiger partial charge in [-0.15, -0.1) is 0 Å². The molecule has 1 heterocycles. The van der Waals surface area contributed by atoms with Gasteiger partial charge < -0.3 is 5.32 Å². The average Bonchev–Trinajstić information content (AvgIpc) is 2.75. The highest BCUT2D eigenvalue weighted by Crippen LogP contribution is 2.25. The number of hydrogen-bond donors (Lipinski definition) is 1. The molecule has 0 unspecified atom stereocenters. The minimum absolute atomic E-state index is 0.0786. The highest BCUT2D eigenvalue weighted by atomic mass is 32.2. The Labute approximate surface area is 190 Å². The van der Waals surface area contributed by atoms with E-state index in [4.69, 9.17) is 0 Å². The van der Waals surface area contributed by atoms with Crippen LogP contribution >= 0.6 is 0 Å². The zero-order chi connectivity index (χ0) is 23.7. The molecule has 2 aromatic carbocycles. The van der Waals surface area contributed by atoms with E-state index < -0.39 is 26.0 Å². The molecule has 174 valence electrons. The zero-order valence-electron chi connectivity index (χ0n) is 18.8. The van der Waals surface area contributed by atoms with Gasteiger partial charge in [-0.05, 0) is 62.1 Å². The summed E-state index contributed by atoms with van der Waals surface area (Å²) in [5.41, 5.74) is 1.71. The third kappa shape index (κ3) is 4.88. The van der Waals surface area contributed by atoms with Gasteiger partial charge in [-0.1, -0.05) is 18.6 Å². The molecule has 10 heteroatoms. The van der Waals surface area contributed by atoms with E-state index in [0.717, 1.165) is 23.6 Å². The van der Waals surface area contributed by atoms with Crippen molar-refractivity contribution in [1.29, 1.82) is 0 Å². The first kappa shape index (κ1) is 24.4. The Balaban J connectivity index is 1.92. The lowest BCUT2D eigenvalue weighted by molar-refractivity contribution is 0.102. The number of rotatable bonds is 6. The van der Waals surface area contributed by atoms with Gasteiger partial charge >= 0.3 is 0 Å². The van der Waals surface area contributed by atoms with Gasteiger partial charge in [-0.3, -0.25) is 4.79 Å². The van der Waals surface area contributed by atoms with Gasteiger partial charge in [0.2, 0.25) is 20.0 Å². The highest BCUT2D eigenvalue weighted by Gasteiger charge is 2.27. The third-order valence-electron chi connectivity index (χ3n) is 5.61. The predicted molar refractivity (Wildman–Crippen MR) is 124 cm³/mol. The summed E-state index contributed by atoms with van der Waals surface area (Å²) in [7, 11) is -4.48. The Morgan fingerprint density at radius 2 is 1.53 bits per heavy atom. The fourth-order valence-electron chi connectivity index (χ4n) is 3.61. The molecule has 0 radical (unpaired) electrons. The van der Waals surface area contributed by atoms with Crippen molar-refractivity contribution in [3.05, 3.63) is 53.1 Å². The van der Waals surface area contributed by atoms with Crippen LogP contribution in [0.2, 0.25) is 0 Å². The van der Waals surface area contributed by atoms with Crippen LogP contribution in [0.3, 0.4) is 0 Å². The first-order valence-electron chi connectivity index (χ1n) is 10.4. The molecule has 0 aromatic heterocycles. The summed E-state index contributed by atoms with van der Waals surface area (Å²) < 4.78 is 53.7. The Hall–Kier alpha value is -2.27. The lowest BCUT2D eigenvalue weighted by Crippen LogP contribution is -2.35. The first-order valence-corrected chi connectivity index (χ1v) is 13.3. The number of carbonyl (C=O) groups is 1. The lowest BCUT2D eigenvalue weighted by atomic mass is 10.1. The molecule has 1 saturated heterocycles. The monoisotopic (exact) mass is 479 g/mol. The molecule has 0 spiro atoms. The summed E-state index contributed by atoms with van der Waals surface area (Å²) in [6.45, 7) is 4.36. The molecule has 2 aromatic rings. The van der Waals surface area contributed by atoms with Crippen LogP contribution in [0.1, 0.15) is 40.7 Å². The van der Waals surface area contributed by atoms with Crippen LogP contribution in [0.4, 0.5) is 5.69 Å². The SMILES string of the molecule is Cc1ccc(S(=O)(=O)N2CCCCC2)cc1C(=O)Nc1ccc(C)c(S(=O)(=O)N(C)C)c1. The van der Waals surface area contributed by atoms with Crippen LogP contribution in [0, 0.1) is 13.8 Å². The van der Waals surface area contributed by atoms with Crippen molar-refractivity contribution < 1.29 is 21.6 Å². The van der Waals surface area contributed by atoms with Crippen LogP contribution in [-0.2, 0) is 20.0 Å². The lowest BCUT2D eigenvalue weighted by Gasteiger charge is -2.26. The second kappa shape index (κ2) is 9.30. The molecule has 1 aliphatic rings. The minimum atomic E-state index is -3.68. The number of aryl methyl sites for hydroxylation is 2.